The molecule has 0 amide bonds. The molecule has 2 aliphatic heterocycles. The largest absolute Gasteiger partial charge is 0.443 e. The van der Waals surface area contributed by atoms with E-state index in [0.29, 0.717) is 5.56 Å². The number of amidine groups is 1. The first kappa shape index (κ1) is 19.5. The van der Waals surface area contributed by atoms with Crippen LogP contribution in [0.3, 0.4) is 0 Å². The van der Waals surface area contributed by atoms with Gasteiger partial charge in [-0.25, -0.2) is 15.0 Å². The van der Waals surface area contributed by atoms with Crippen molar-refractivity contribution in [2.24, 2.45) is 4.99 Å². The lowest BCUT2D eigenvalue weighted by Gasteiger charge is -2.46. The van der Waals surface area contributed by atoms with Gasteiger partial charge in [-0.2, -0.15) is 26.3 Å². The average Bonchev–Trinajstić information content (AvgIpc) is 3.13. The number of alkyl halides is 6. The molecule has 158 valence electrons. The van der Waals surface area contributed by atoms with Gasteiger partial charge in [-0.3, -0.25) is 0 Å². The molecule has 0 atom stereocenters. The van der Waals surface area contributed by atoms with Crippen molar-refractivity contribution in [3.63, 3.8) is 0 Å². The van der Waals surface area contributed by atoms with Gasteiger partial charge < -0.3 is 0 Å². The van der Waals surface area contributed by atoms with Crippen molar-refractivity contribution in [3.05, 3.63) is 84.4 Å². The fourth-order valence-electron chi connectivity index (χ4n) is 4.07. The number of hydrazine groups is 1. The Hall–Kier alpha value is -3.49. The second-order valence-corrected chi connectivity index (χ2v) is 7.13. The van der Waals surface area contributed by atoms with Crippen molar-refractivity contribution in [1.82, 2.24) is 0 Å². The van der Waals surface area contributed by atoms with Crippen molar-refractivity contribution >= 4 is 17.2 Å². The molecule has 0 fully saturated rings. The van der Waals surface area contributed by atoms with E-state index in [0.717, 1.165) is 5.01 Å². The highest BCUT2D eigenvalue weighted by Crippen LogP contribution is 2.58. The van der Waals surface area contributed by atoms with Gasteiger partial charge in [-0.1, -0.05) is 66.7 Å². The van der Waals surface area contributed by atoms with Gasteiger partial charge in [0.25, 0.3) is 0 Å². The molecule has 0 aromatic heterocycles. The van der Waals surface area contributed by atoms with Gasteiger partial charge in [0.15, 0.2) is 5.84 Å². The van der Waals surface area contributed by atoms with Gasteiger partial charge in [0, 0.05) is 16.7 Å². The molecular weight excluding hydrogens is 420 g/mol. The first-order valence-corrected chi connectivity index (χ1v) is 9.24. The summed E-state index contributed by atoms with van der Waals surface area (Å²) >= 11 is 0. The minimum atomic E-state index is -5.75. The molecule has 2 aliphatic rings. The maximum atomic E-state index is 14.3. The van der Waals surface area contributed by atoms with Crippen LogP contribution in [0.5, 0.6) is 0 Å². The van der Waals surface area contributed by atoms with E-state index in [4.69, 9.17) is 0 Å². The van der Waals surface area contributed by atoms with Crippen LogP contribution in [0.1, 0.15) is 5.56 Å². The summed E-state index contributed by atoms with van der Waals surface area (Å²) in [5.41, 5.74) is -3.62. The molecule has 2 heterocycles. The van der Waals surface area contributed by atoms with Crippen molar-refractivity contribution in [3.8, 4) is 11.1 Å². The van der Waals surface area contributed by atoms with E-state index in [2.05, 4.69) is 4.99 Å². The fourth-order valence-corrected chi connectivity index (χ4v) is 4.07. The number of rotatable bonds is 1. The molecule has 0 saturated heterocycles. The summed E-state index contributed by atoms with van der Waals surface area (Å²) < 4.78 is 86.1. The van der Waals surface area contributed by atoms with E-state index >= 15 is 0 Å². The first-order valence-electron chi connectivity index (χ1n) is 9.24. The van der Waals surface area contributed by atoms with Crippen molar-refractivity contribution in [2.75, 3.05) is 10.0 Å². The Morgan fingerprint density at radius 1 is 0.613 bits per heavy atom. The summed E-state index contributed by atoms with van der Waals surface area (Å²) in [6.45, 7) is 0. The predicted octanol–water partition coefficient (Wildman–Crippen LogP) is 6.18. The summed E-state index contributed by atoms with van der Waals surface area (Å²) in [5.74, 6) is -0.433. The molecule has 3 aromatic rings. The Kier molecular flexibility index (Phi) is 3.93. The maximum absolute atomic E-state index is 14.3. The van der Waals surface area contributed by atoms with Crippen LogP contribution >= 0.6 is 0 Å². The number of halogens is 6. The normalized spacial score (nSPS) is 17.0. The molecule has 0 radical (unpaired) electrons. The zero-order chi connectivity index (χ0) is 22.0. The van der Waals surface area contributed by atoms with Gasteiger partial charge in [0.1, 0.15) is 0 Å². The van der Waals surface area contributed by atoms with Crippen LogP contribution in [-0.4, -0.2) is 23.9 Å². The van der Waals surface area contributed by atoms with Crippen LogP contribution in [0.15, 0.2) is 83.9 Å². The lowest BCUT2D eigenvalue weighted by atomic mass is 9.96. The Balaban J connectivity index is 1.91. The van der Waals surface area contributed by atoms with Gasteiger partial charge in [0.2, 0.25) is 0 Å². The number of hydrogen-bond donors (Lipinski definition) is 0. The molecular formula is C22H13F6N3. The molecule has 0 N–H and O–H groups in total. The Morgan fingerprint density at radius 2 is 1.10 bits per heavy atom. The summed E-state index contributed by atoms with van der Waals surface area (Å²) in [6.07, 6.45) is -11.5. The molecule has 0 aliphatic carbocycles. The molecule has 3 nitrogen and oxygen atoms in total. The van der Waals surface area contributed by atoms with Gasteiger partial charge in [-0.15, -0.1) is 0 Å². The minimum absolute atomic E-state index is 0.136. The van der Waals surface area contributed by atoms with E-state index in [-0.39, 0.29) is 27.5 Å². The van der Waals surface area contributed by atoms with Gasteiger partial charge >= 0.3 is 18.0 Å². The Labute approximate surface area is 172 Å². The average molecular weight is 433 g/mol. The summed E-state index contributed by atoms with van der Waals surface area (Å²) in [5, 5.41) is 1.15. The Morgan fingerprint density at radius 3 is 1.68 bits per heavy atom. The van der Waals surface area contributed by atoms with Crippen LogP contribution in [0, 0.1) is 0 Å². The fraction of sp³-hybridized carbons (Fsp3) is 0.136. The van der Waals surface area contributed by atoms with E-state index in [1.54, 1.807) is 30.3 Å². The standard InChI is InChI=1S/C22H13F6N3/c23-21(24,25)20(22(26,27)28)29-19(14-8-2-1-3-9-14)30-17-12-6-4-10-15(17)16-11-5-7-13-18(16)31(20)30/h1-13H. The van der Waals surface area contributed by atoms with Crippen LogP contribution in [0.2, 0.25) is 0 Å². The predicted molar refractivity (Wildman–Crippen MR) is 105 cm³/mol. The highest BCUT2D eigenvalue weighted by Gasteiger charge is 2.79. The van der Waals surface area contributed by atoms with Crippen molar-refractivity contribution in [1.29, 1.82) is 0 Å². The monoisotopic (exact) mass is 433 g/mol. The Bertz CT molecular complexity index is 1170. The molecule has 31 heavy (non-hydrogen) atoms. The summed E-state index contributed by atoms with van der Waals surface area (Å²) in [4.78, 5) is 3.39. The van der Waals surface area contributed by atoms with E-state index in [1.165, 1.54) is 48.5 Å². The summed E-state index contributed by atoms with van der Waals surface area (Å²) in [6, 6.07) is 19.7. The molecule has 3 aromatic carbocycles. The quantitative estimate of drug-likeness (QED) is 0.427. The summed E-state index contributed by atoms with van der Waals surface area (Å²) in [7, 11) is 0. The van der Waals surface area contributed by atoms with Crippen molar-refractivity contribution < 1.29 is 26.3 Å². The maximum Gasteiger partial charge on any atom is 0.443 e. The number of nitrogens with zero attached hydrogens (tertiary/aromatic N) is 3. The van der Waals surface area contributed by atoms with E-state index < -0.39 is 23.9 Å². The molecule has 0 bridgehead atoms. The number of aliphatic imine (C=N–C) groups is 1. The second-order valence-electron chi connectivity index (χ2n) is 7.13. The first-order chi connectivity index (χ1) is 14.7. The molecule has 0 unspecified atom stereocenters. The van der Waals surface area contributed by atoms with Crippen LogP contribution in [0.4, 0.5) is 37.7 Å². The smallest absolute Gasteiger partial charge is 0.234 e. The van der Waals surface area contributed by atoms with Crippen molar-refractivity contribution in [2.45, 2.75) is 18.0 Å². The zero-order valence-corrected chi connectivity index (χ0v) is 15.6. The van der Waals surface area contributed by atoms with Crippen LogP contribution in [0.25, 0.3) is 11.1 Å². The van der Waals surface area contributed by atoms with Gasteiger partial charge in [0.05, 0.1) is 11.4 Å². The highest BCUT2D eigenvalue weighted by atomic mass is 19.4. The second kappa shape index (κ2) is 6.26. The highest BCUT2D eigenvalue weighted by molar-refractivity contribution is 6.17. The van der Waals surface area contributed by atoms with E-state index in [9.17, 15) is 26.3 Å². The molecule has 0 saturated carbocycles. The van der Waals surface area contributed by atoms with Gasteiger partial charge in [-0.05, 0) is 12.1 Å². The lowest BCUT2D eigenvalue weighted by Crippen LogP contribution is -2.68. The number of benzene rings is 3. The minimum Gasteiger partial charge on any atom is -0.234 e. The third-order valence-electron chi connectivity index (χ3n) is 5.35. The van der Waals surface area contributed by atoms with Crippen LogP contribution in [-0.2, 0) is 0 Å². The molecule has 5 rings (SSSR count). The zero-order valence-electron chi connectivity index (χ0n) is 15.6. The molecule has 0 spiro atoms. The number of fused-ring (bicyclic) bond motifs is 6. The lowest BCUT2D eigenvalue weighted by molar-refractivity contribution is -0.292. The topological polar surface area (TPSA) is 18.8 Å². The number of anilines is 2. The van der Waals surface area contributed by atoms with Crippen LogP contribution < -0.4 is 10.0 Å². The SMILES string of the molecule is FC(F)(F)C1(C(F)(F)F)N=C(c2ccccc2)N2c3ccccc3-c3ccccc3N21. The third kappa shape index (κ3) is 2.52. The van der Waals surface area contributed by atoms with E-state index in [1.807, 2.05) is 0 Å². The third-order valence-corrected chi connectivity index (χ3v) is 5.35. The number of hydrogen-bond acceptors (Lipinski definition) is 3. The number of para-hydroxylation sites is 2. The molecule has 9 heteroatoms.